The summed E-state index contributed by atoms with van der Waals surface area (Å²) >= 11 is 5.69. The molecule has 1 atom stereocenters. The molecule has 148 valence electrons. The molecule has 1 aromatic heterocycles. The molecule has 1 heterocycles. The van der Waals surface area contributed by atoms with Crippen LogP contribution in [0.1, 0.15) is 12.5 Å². The van der Waals surface area contributed by atoms with Crippen molar-refractivity contribution in [2.75, 3.05) is 21.3 Å². The summed E-state index contributed by atoms with van der Waals surface area (Å²) in [5, 5.41) is 4.81. The Bertz CT molecular complexity index is 962. The predicted molar refractivity (Wildman–Crippen MR) is 112 cm³/mol. The van der Waals surface area contributed by atoms with Gasteiger partial charge in [-0.2, -0.15) is 4.68 Å². The largest absolute Gasteiger partial charge is 0.497 e. The van der Waals surface area contributed by atoms with Crippen molar-refractivity contribution in [2.24, 2.45) is 0 Å². The highest BCUT2D eigenvalue weighted by Crippen LogP contribution is 2.21. The smallest absolute Gasteiger partial charge is 0.203 e. The van der Waals surface area contributed by atoms with Crippen LogP contribution in [0.15, 0.2) is 48.5 Å². The third-order valence-electron chi connectivity index (χ3n) is 4.67. The third kappa shape index (κ3) is 4.43. The average molecular weight is 400 g/mol. The molecule has 1 unspecified atom stereocenters. The molecule has 0 saturated carbocycles. The molecular weight excluding hydrogens is 372 g/mol. The van der Waals surface area contributed by atoms with Crippen LogP contribution in [-0.2, 0) is 19.8 Å². The van der Waals surface area contributed by atoms with Crippen LogP contribution in [0.4, 0.5) is 0 Å². The van der Waals surface area contributed by atoms with Crippen molar-refractivity contribution >= 4 is 12.2 Å². The van der Waals surface area contributed by atoms with Crippen LogP contribution < -0.4 is 14.4 Å². The minimum atomic E-state index is 0.695. The molecular formula is C21H27N4O2S+. The van der Waals surface area contributed by atoms with Gasteiger partial charge in [0.25, 0.3) is 0 Å². The van der Waals surface area contributed by atoms with Gasteiger partial charge in [0, 0.05) is 17.7 Å². The monoisotopic (exact) mass is 399 g/mol. The van der Waals surface area contributed by atoms with Crippen LogP contribution >= 0.6 is 12.2 Å². The van der Waals surface area contributed by atoms with E-state index in [1.165, 1.54) is 10.5 Å². The molecule has 2 aromatic carbocycles. The normalized spacial score (nSPS) is 12.0. The number of benzene rings is 2. The van der Waals surface area contributed by atoms with E-state index in [1.54, 1.807) is 14.2 Å². The Kier molecular flexibility index (Phi) is 6.49. The number of aromatic nitrogens is 3. The molecule has 3 aromatic rings. The highest BCUT2D eigenvalue weighted by Gasteiger charge is 2.14. The number of methoxy groups -OCH3 is 2. The number of quaternary nitrogens is 1. The van der Waals surface area contributed by atoms with Crippen LogP contribution in [0.5, 0.6) is 11.5 Å². The summed E-state index contributed by atoms with van der Waals surface area (Å²) in [5.74, 6) is 2.58. The number of hydrogen-bond donors (Lipinski definition) is 1. The number of nitrogens with zero attached hydrogens (tertiary/aromatic N) is 3. The Morgan fingerprint density at radius 2 is 1.54 bits per heavy atom. The molecule has 0 aliphatic rings. The fraction of sp³-hybridized carbons (Fsp3) is 0.333. The molecule has 0 bridgehead atoms. The SMILES string of the molecule is CCn1c(-c2ccc(OC)cc2)nn(C[NH+](C)Cc2ccc(OC)cc2)c1=S. The Hall–Kier alpha value is -2.64. The van der Waals surface area contributed by atoms with Crippen LogP contribution in [0.3, 0.4) is 0 Å². The Morgan fingerprint density at radius 1 is 0.964 bits per heavy atom. The lowest BCUT2D eigenvalue weighted by molar-refractivity contribution is -0.917. The van der Waals surface area contributed by atoms with E-state index < -0.39 is 0 Å². The molecule has 6 nitrogen and oxygen atoms in total. The van der Waals surface area contributed by atoms with Crippen molar-refractivity contribution in [3.05, 3.63) is 58.9 Å². The molecule has 0 spiro atoms. The first-order valence-corrected chi connectivity index (χ1v) is 9.72. The minimum Gasteiger partial charge on any atom is -0.497 e. The van der Waals surface area contributed by atoms with Gasteiger partial charge >= 0.3 is 0 Å². The molecule has 3 rings (SSSR count). The van der Waals surface area contributed by atoms with Gasteiger partial charge in [-0.25, -0.2) is 0 Å². The molecule has 0 fully saturated rings. The molecule has 28 heavy (non-hydrogen) atoms. The first-order chi connectivity index (χ1) is 13.5. The van der Waals surface area contributed by atoms with Gasteiger partial charge in [-0.3, -0.25) is 0 Å². The van der Waals surface area contributed by atoms with Crippen molar-refractivity contribution in [3.8, 4) is 22.9 Å². The topological polar surface area (TPSA) is 45.7 Å². The molecule has 0 aliphatic heterocycles. The van der Waals surface area contributed by atoms with Gasteiger partial charge in [0.1, 0.15) is 18.0 Å². The number of ether oxygens (including phenoxy) is 2. The standard InChI is InChI=1S/C21H26N4O2S/c1-5-24-20(17-8-12-19(27-4)13-9-17)22-25(21(24)28)15-23(2)14-16-6-10-18(26-3)11-7-16/h6-13H,5,14-15H2,1-4H3/p+1. The summed E-state index contributed by atoms with van der Waals surface area (Å²) in [4.78, 5) is 1.29. The van der Waals surface area contributed by atoms with Crippen molar-refractivity contribution in [1.29, 1.82) is 0 Å². The van der Waals surface area contributed by atoms with E-state index in [-0.39, 0.29) is 0 Å². The highest BCUT2D eigenvalue weighted by atomic mass is 32.1. The summed E-state index contributed by atoms with van der Waals surface area (Å²) in [6.45, 7) is 4.43. The van der Waals surface area contributed by atoms with Gasteiger partial charge in [0.05, 0.1) is 21.3 Å². The maximum absolute atomic E-state index is 5.69. The predicted octanol–water partition coefficient (Wildman–Crippen LogP) is 2.79. The number of nitrogens with one attached hydrogen (secondary N) is 1. The number of hydrogen-bond acceptors (Lipinski definition) is 4. The van der Waals surface area contributed by atoms with Gasteiger partial charge in [-0.1, -0.05) is 0 Å². The zero-order chi connectivity index (χ0) is 20.1. The molecule has 1 N–H and O–H groups in total. The average Bonchev–Trinajstić information content (AvgIpc) is 3.03. The summed E-state index contributed by atoms with van der Waals surface area (Å²) in [6, 6.07) is 16.1. The van der Waals surface area contributed by atoms with E-state index in [0.29, 0.717) is 6.67 Å². The molecule has 0 radical (unpaired) electrons. The van der Waals surface area contributed by atoms with Crippen LogP contribution in [-0.4, -0.2) is 35.6 Å². The summed E-state index contributed by atoms with van der Waals surface area (Å²) in [6.07, 6.45) is 0. The lowest BCUT2D eigenvalue weighted by Crippen LogP contribution is -3.07. The van der Waals surface area contributed by atoms with Crippen molar-refractivity contribution < 1.29 is 14.4 Å². The molecule has 0 saturated heterocycles. The fourth-order valence-corrected chi connectivity index (χ4v) is 3.51. The van der Waals surface area contributed by atoms with Crippen LogP contribution in [0.25, 0.3) is 11.4 Å². The van der Waals surface area contributed by atoms with Crippen LogP contribution in [0.2, 0.25) is 0 Å². The second kappa shape index (κ2) is 9.03. The van der Waals surface area contributed by atoms with Gasteiger partial charge in [0.15, 0.2) is 12.5 Å². The van der Waals surface area contributed by atoms with Crippen molar-refractivity contribution in [2.45, 2.75) is 26.7 Å². The zero-order valence-electron chi connectivity index (χ0n) is 16.8. The third-order valence-corrected chi connectivity index (χ3v) is 5.10. The quantitative estimate of drug-likeness (QED) is 0.592. The van der Waals surface area contributed by atoms with E-state index in [1.807, 2.05) is 41.1 Å². The fourth-order valence-electron chi connectivity index (χ4n) is 3.19. The first kappa shape index (κ1) is 20.1. The van der Waals surface area contributed by atoms with E-state index in [0.717, 1.165) is 40.7 Å². The number of rotatable bonds is 8. The second-order valence-electron chi connectivity index (χ2n) is 6.72. The van der Waals surface area contributed by atoms with Gasteiger partial charge in [-0.15, -0.1) is 5.10 Å². The van der Waals surface area contributed by atoms with Crippen molar-refractivity contribution in [3.63, 3.8) is 0 Å². The Balaban J connectivity index is 1.79. The highest BCUT2D eigenvalue weighted by molar-refractivity contribution is 7.71. The van der Waals surface area contributed by atoms with E-state index in [9.17, 15) is 0 Å². The van der Waals surface area contributed by atoms with E-state index >= 15 is 0 Å². The Morgan fingerprint density at radius 3 is 2.07 bits per heavy atom. The summed E-state index contributed by atoms with van der Waals surface area (Å²) < 4.78 is 15.2. The minimum absolute atomic E-state index is 0.695. The maximum atomic E-state index is 5.69. The maximum Gasteiger partial charge on any atom is 0.203 e. The van der Waals surface area contributed by atoms with Gasteiger partial charge in [0.2, 0.25) is 4.77 Å². The lowest BCUT2D eigenvalue weighted by atomic mass is 10.2. The van der Waals surface area contributed by atoms with Gasteiger partial charge < -0.3 is 18.9 Å². The first-order valence-electron chi connectivity index (χ1n) is 9.32. The van der Waals surface area contributed by atoms with Crippen LogP contribution in [0, 0.1) is 4.77 Å². The molecule has 7 heteroatoms. The van der Waals surface area contributed by atoms with Gasteiger partial charge in [-0.05, 0) is 67.7 Å². The lowest BCUT2D eigenvalue weighted by Gasteiger charge is -2.14. The second-order valence-corrected chi connectivity index (χ2v) is 7.08. The van der Waals surface area contributed by atoms with Crippen molar-refractivity contribution in [1.82, 2.24) is 14.3 Å². The molecule has 0 amide bonds. The summed E-state index contributed by atoms with van der Waals surface area (Å²) in [5.41, 5.74) is 2.27. The van der Waals surface area contributed by atoms with E-state index in [2.05, 4.69) is 30.7 Å². The summed E-state index contributed by atoms with van der Waals surface area (Å²) in [7, 11) is 5.49. The Labute approximate surface area is 170 Å². The zero-order valence-corrected chi connectivity index (χ0v) is 17.6. The van der Waals surface area contributed by atoms with E-state index in [4.69, 9.17) is 26.8 Å². The molecule has 0 aliphatic carbocycles.